The summed E-state index contributed by atoms with van der Waals surface area (Å²) < 4.78 is 5.38. The fraction of sp³-hybridized carbons (Fsp3) is 0.318. The molecule has 1 aliphatic heterocycles. The van der Waals surface area contributed by atoms with E-state index in [0.717, 1.165) is 42.8 Å². The average molecular weight is 398 g/mol. The van der Waals surface area contributed by atoms with Gasteiger partial charge in [0.1, 0.15) is 0 Å². The van der Waals surface area contributed by atoms with E-state index in [1.165, 1.54) is 10.9 Å². The number of para-hydroxylation sites is 1. The monoisotopic (exact) mass is 397 g/mol. The van der Waals surface area contributed by atoms with Crippen LogP contribution < -0.4 is 10.2 Å². The van der Waals surface area contributed by atoms with Crippen molar-refractivity contribution in [3.05, 3.63) is 59.2 Å². The third-order valence-electron chi connectivity index (χ3n) is 5.11. The molecule has 0 radical (unpaired) electrons. The predicted molar refractivity (Wildman–Crippen MR) is 114 cm³/mol. The molecule has 146 valence electrons. The number of morpholine rings is 1. The summed E-state index contributed by atoms with van der Waals surface area (Å²) in [7, 11) is 0. The Kier molecular flexibility index (Phi) is 5.84. The normalized spacial score (nSPS) is 14.4. The lowest BCUT2D eigenvalue weighted by Crippen LogP contribution is -2.36. The number of carbonyl (C=O) groups is 1. The molecule has 3 aromatic rings. The Hall–Kier alpha value is -2.50. The smallest absolute Gasteiger partial charge is 0.224 e. The standard InChI is InChI=1S/C22H24ClN3O2/c23-19-14-17(8-9-21(19)26-10-12-28-13-11-26)25-22(27)7-3-4-16-15-24-20-6-2-1-5-18(16)20/h1-2,5-6,8-9,14-15,24H,3-4,7,10-13H2,(H,25,27). The number of nitrogens with zero attached hydrogens (tertiary/aromatic N) is 1. The van der Waals surface area contributed by atoms with Crippen molar-refractivity contribution < 1.29 is 9.53 Å². The minimum atomic E-state index is 0.00929. The molecule has 28 heavy (non-hydrogen) atoms. The Labute approximate surface area is 169 Å². The Morgan fingerprint density at radius 3 is 2.82 bits per heavy atom. The van der Waals surface area contributed by atoms with Crippen LogP contribution in [0.2, 0.25) is 5.02 Å². The van der Waals surface area contributed by atoms with E-state index in [1.54, 1.807) is 0 Å². The molecule has 0 aliphatic carbocycles. The third-order valence-corrected chi connectivity index (χ3v) is 5.41. The van der Waals surface area contributed by atoms with Crippen LogP contribution >= 0.6 is 11.6 Å². The molecule has 6 heteroatoms. The molecule has 0 unspecified atom stereocenters. The first kappa shape index (κ1) is 18.8. The number of halogens is 1. The number of ether oxygens (including phenoxy) is 1. The largest absolute Gasteiger partial charge is 0.378 e. The highest BCUT2D eigenvalue weighted by Gasteiger charge is 2.15. The van der Waals surface area contributed by atoms with Crippen molar-refractivity contribution in [2.75, 3.05) is 36.5 Å². The van der Waals surface area contributed by atoms with E-state index < -0.39 is 0 Å². The molecule has 4 rings (SSSR count). The number of aromatic nitrogens is 1. The number of H-pyrrole nitrogens is 1. The number of hydrogen-bond acceptors (Lipinski definition) is 3. The van der Waals surface area contributed by atoms with Gasteiger partial charge in [0, 0.05) is 42.3 Å². The van der Waals surface area contributed by atoms with Gasteiger partial charge in [0.25, 0.3) is 0 Å². The highest BCUT2D eigenvalue weighted by Crippen LogP contribution is 2.29. The van der Waals surface area contributed by atoms with Crippen LogP contribution in [-0.4, -0.2) is 37.2 Å². The van der Waals surface area contributed by atoms with Crippen LogP contribution in [-0.2, 0) is 16.0 Å². The Bertz CT molecular complexity index is 963. The molecule has 1 amide bonds. The first-order chi connectivity index (χ1) is 13.7. The number of rotatable bonds is 6. The van der Waals surface area contributed by atoms with Crippen LogP contribution in [0, 0.1) is 0 Å². The van der Waals surface area contributed by atoms with Crippen molar-refractivity contribution in [1.82, 2.24) is 4.98 Å². The molecule has 1 fully saturated rings. The number of carbonyl (C=O) groups excluding carboxylic acids is 1. The summed E-state index contributed by atoms with van der Waals surface area (Å²) in [6, 6.07) is 13.9. The van der Waals surface area contributed by atoms with Gasteiger partial charge in [-0.2, -0.15) is 0 Å². The van der Waals surface area contributed by atoms with Gasteiger partial charge in [-0.15, -0.1) is 0 Å². The minimum Gasteiger partial charge on any atom is -0.378 e. The first-order valence-corrected chi connectivity index (χ1v) is 10.1. The number of nitrogens with one attached hydrogen (secondary N) is 2. The average Bonchev–Trinajstić information content (AvgIpc) is 3.12. The van der Waals surface area contributed by atoms with Crippen molar-refractivity contribution in [2.24, 2.45) is 0 Å². The highest BCUT2D eigenvalue weighted by molar-refractivity contribution is 6.33. The first-order valence-electron chi connectivity index (χ1n) is 9.68. The molecule has 1 saturated heterocycles. The Balaban J connectivity index is 1.30. The molecule has 0 atom stereocenters. The van der Waals surface area contributed by atoms with Gasteiger partial charge < -0.3 is 19.9 Å². The molecule has 2 heterocycles. The zero-order chi connectivity index (χ0) is 19.3. The number of hydrogen-bond donors (Lipinski definition) is 2. The molecule has 0 saturated carbocycles. The minimum absolute atomic E-state index is 0.00929. The number of aromatic amines is 1. The number of anilines is 2. The summed E-state index contributed by atoms with van der Waals surface area (Å²) in [6.45, 7) is 3.09. The van der Waals surface area contributed by atoms with E-state index in [0.29, 0.717) is 24.7 Å². The Morgan fingerprint density at radius 1 is 1.18 bits per heavy atom. The number of fused-ring (bicyclic) bond motifs is 1. The van der Waals surface area contributed by atoms with E-state index in [-0.39, 0.29) is 5.91 Å². The predicted octanol–water partition coefficient (Wildman–Crippen LogP) is 4.62. The maximum Gasteiger partial charge on any atom is 0.224 e. The molecular weight excluding hydrogens is 374 g/mol. The van der Waals surface area contributed by atoms with Crippen molar-refractivity contribution in [3.8, 4) is 0 Å². The second-order valence-corrected chi connectivity index (χ2v) is 7.43. The van der Waals surface area contributed by atoms with Crippen molar-refractivity contribution in [3.63, 3.8) is 0 Å². The zero-order valence-electron chi connectivity index (χ0n) is 15.7. The topological polar surface area (TPSA) is 57.4 Å². The zero-order valence-corrected chi connectivity index (χ0v) is 16.5. The lowest BCUT2D eigenvalue weighted by molar-refractivity contribution is -0.116. The summed E-state index contributed by atoms with van der Waals surface area (Å²) >= 11 is 6.44. The highest BCUT2D eigenvalue weighted by atomic mass is 35.5. The maximum atomic E-state index is 12.3. The summed E-state index contributed by atoms with van der Waals surface area (Å²) in [4.78, 5) is 17.8. The molecule has 2 N–H and O–H groups in total. The van der Waals surface area contributed by atoms with Crippen LogP contribution in [0.5, 0.6) is 0 Å². The molecule has 5 nitrogen and oxygen atoms in total. The van der Waals surface area contributed by atoms with E-state index in [1.807, 2.05) is 36.5 Å². The quantitative estimate of drug-likeness (QED) is 0.638. The van der Waals surface area contributed by atoms with Gasteiger partial charge in [-0.1, -0.05) is 29.8 Å². The Morgan fingerprint density at radius 2 is 2.00 bits per heavy atom. The van der Waals surface area contributed by atoms with Crippen molar-refractivity contribution in [2.45, 2.75) is 19.3 Å². The molecule has 2 aromatic carbocycles. The van der Waals surface area contributed by atoms with Gasteiger partial charge in [0.15, 0.2) is 0 Å². The van der Waals surface area contributed by atoms with Crippen LogP contribution in [0.3, 0.4) is 0 Å². The fourth-order valence-corrected chi connectivity index (χ4v) is 3.95. The summed E-state index contributed by atoms with van der Waals surface area (Å²) in [6.07, 6.45) is 4.18. The SMILES string of the molecule is O=C(CCCc1c[nH]c2ccccc12)Nc1ccc(N2CCOCC2)c(Cl)c1. The van der Waals surface area contributed by atoms with Gasteiger partial charge in [0.2, 0.25) is 5.91 Å². The second kappa shape index (κ2) is 8.67. The van der Waals surface area contributed by atoms with Gasteiger partial charge in [-0.25, -0.2) is 0 Å². The number of amides is 1. The van der Waals surface area contributed by atoms with Crippen molar-refractivity contribution in [1.29, 1.82) is 0 Å². The number of aryl methyl sites for hydroxylation is 1. The molecule has 1 aliphatic rings. The van der Waals surface area contributed by atoms with Gasteiger partial charge >= 0.3 is 0 Å². The molecule has 0 spiro atoms. The van der Waals surface area contributed by atoms with Crippen LogP contribution in [0.15, 0.2) is 48.7 Å². The van der Waals surface area contributed by atoms with Crippen LogP contribution in [0.1, 0.15) is 18.4 Å². The van der Waals surface area contributed by atoms with E-state index in [9.17, 15) is 4.79 Å². The third kappa shape index (κ3) is 4.32. The molecule has 0 bridgehead atoms. The summed E-state index contributed by atoms with van der Waals surface area (Å²) in [5.41, 5.74) is 4.11. The maximum absolute atomic E-state index is 12.3. The van der Waals surface area contributed by atoms with E-state index >= 15 is 0 Å². The van der Waals surface area contributed by atoms with Gasteiger partial charge in [-0.05, 0) is 42.7 Å². The molecular formula is C22H24ClN3O2. The van der Waals surface area contributed by atoms with E-state index in [2.05, 4.69) is 27.3 Å². The van der Waals surface area contributed by atoms with Crippen LogP contribution in [0.25, 0.3) is 10.9 Å². The van der Waals surface area contributed by atoms with Gasteiger partial charge in [0.05, 0.1) is 23.9 Å². The van der Waals surface area contributed by atoms with E-state index in [4.69, 9.17) is 16.3 Å². The second-order valence-electron chi connectivity index (χ2n) is 7.03. The van der Waals surface area contributed by atoms with Crippen LogP contribution in [0.4, 0.5) is 11.4 Å². The lowest BCUT2D eigenvalue weighted by Gasteiger charge is -2.29. The van der Waals surface area contributed by atoms with Gasteiger partial charge in [-0.3, -0.25) is 4.79 Å². The summed E-state index contributed by atoms with van der Waals surface area (Å²) in [5, 5.41) is 4.84. The number of benzene rings is 2. The summed E-state index contributed by atoms with van der Waals surface area (Å²) in [5.74, 6) is 0.00929. The fourth-order valence-electron chi connectivity index (χ4n) is 3.65. The van der Waals surface area contributed by atoms with Crippen molar-refractivity contribution >= 4 is 39.8 Å². The lowest BCUT2D eigenvalue weighted by atomic mass is 10.1. The molecule has 1 aromatic heterocycles.